The Morgan fingerprint density at radius 3 is 2.25 bits per heavy atom. The minimum atomic E-state index is -0.0432. The highest BCUT2D eigenvalue weighted by molar-refractivity contribution is 6.30. The van der Waals surface area contributed by atoms with Gasteiger partial charge in [0.1, 0.15) is 5.78 Å². The van der Waals surface area contributed by atoms with Crippen molar-refractivity contribution in [2.45, 2.75) is 31.2 Å². The van der Waals surface area contributed by atoms with Crippen LogP contribution >= 0.6 is 11.6 Å². The largest absolute Gasteiger partial charge is 0.310 e. The Morgan fingerprint density at radius 1 is 1.19 bits per heavy atom. The summed E-state index contributed by atoms with van der Waals surface area (Å²) in [6, 6.07) is 7.92. The molecule has 0 heterocycles. The maximum Gasteiger partial charge on any atom is 0.133 e. The van der Waals surface area contributed by atoms with Crippen LogP contribution in [0.3, 0.4) is 0 Å². The van der Waals surface area contributed by atoms with E-state index in [4.69, 9.17) is 11.6 Å². The third-order valence-electron chi connectivity index (χ3n) is 3.54. The van der Waals surface area contributed by atoms with Gasteiger partial charge in [0.05, 0.1) is 0 Å². The predicted octanol–water partition coefficient (Wildman–Crippen LogP) is 2.90. The molecule has 86 valence electrons. The zero-order valence-corrected chi connectivity index (χ0v) is 10.2. The van der Waals surface area contributed by atoms with Gasteiger partial charge in [-0.3, -0.25) is 4.79 Å². The summed E-state index contributed by atoms with van der Waals surface area (Å²) < 4.78 is 0. The number of nitrogens with one attached hydrogen (secondary N) is 1. The van der Waals surface area contributed by atoms with E-state index in [1.165, 1.54) is 5.56 Å². The summed E-state index contributed by atoms with van der Waals surface area (Å²) in [5.41, 5.74) is 1.19. The van der Waals surface area contributed by atoms with Crippen molar-refractivity contribution in [3.63, 3.8) is 0 Å². The molecule has 0 saturated heterocycles. The highest BCUT2D eigenvalue weighted by Crippen LogP contribution is 2.35. The van der Waals surface area contributed by atoms with Gasteiger partial charge in [0, 0.05) is 23.4 Å². The SMILES string of the molecule is CNC1(c2ccc(Cl)cc2)CCC(=O)CC1. The summed E-state index contributed by atoms with van der Waals surface area (Å²) in [7, 11) is 1.96. The molecule has 0 amide bonds. The molecule has 1 fully saturated rings. The fourth-order valence-electron chi connectivity index (χ4n) is 2.41. The van der Waals surface area contributed by atoms with Crippen LogP contribution < -0.4 is 5.32 Å². The molecule has 2 rings (SSSR count). The smallest absolute Gasteiger partial charge is 0.133 e. The Labute approximate surface area is 101 Å². The lowest BCUT2D eigenvalue weighted by Crippen LogP contribution is -2.43. The van der Waals surface area contributed by atoms with Gasteiger partial charge in [-0.15, -0.1) is 0 Å². The van der Waals surface area contributed by atoms with Gasteiger partial charge in [-0.05, 0) is 37.6 Å². The van der Waals surface area contributed by atoms with E-state index < -0.39 is 0 Å². The Kier molecular flexibility index (Phi) is 3.31. The van der Waals surface area contributed by atoms with Crippen molar-refractivity contribution in [3.05, 3.63) is 34.9 Å². The molecule has 16 heavy (non-hydrogen) atoms. The molecule has 0 spiro atoms. The summed E-state index contributed by atoms with van der Waals surface area (Å²) in [4.78, 5) is 11.3. The molecule has 0 unspecified atom stereocenters. The molecule has 0 radical (unpaired) electrons. The third-order valence-corrected chi connectivity index (χ3v) is 3.79. The first-order valence-corrected chi connectivity index (χ1v) is 6.01. The molecule has 0 aliphatic heterocycles. The van der Waals surface area contributed by atoms with Gasteiger partial charge in [-0.25, -0.2) is 0 Å². The van der Waals surface area contributed by atoms with Crippen molar-refractivity contribution in [1.82, 2.24) is 5.32 Å². The fourth-order valence-corrected chi connectivity index (χ4v) is 2.53. The van der Waals surface area contributed by atoms with Crippen LogP contribution in [0.2, 0.25) is 5.02 Å². The maximum atomic E-state index is 11.3. The second kappa shape index (κ2) is 4.56. The molecule has 1 aromatic rings. The minimum Gasteiger partial charge on any atom is -0.310 e. The Balaban J connectivity index is 2.27. The molecule has 0 aromatic heterocycles. The lowest BCUT2D eigenvalue weighted by molar-refractivity contribution is -0.121. The highest BCUT2D eigenvalue weighted by Gasteiger charge is 2.34. The summed E-state index contributed by atoms with van der Waals surface area (Å²) in [5.74, 6) is 0.375. The van der Waals surface area contributed by atoms with Crippen molar-refractivity contribution >= 4 is 17.4 Å². The zero-order valence-electron chi connectivity index (χ0n) is 9.42. The molecule has 2 nitrogen and oxygen atoms in total. The molecule has 1 N–H and O–H groups in total. The van der Waals surface area contributed by atoms with Crippen molar-refractivity contribution in [2.75, 3.05) is 7.05 Å². The lowest BCUT2D eigenvalue weighted by atomic mass is 9.76. The van der Waals surface area contributed by atoms with E-state index in [2.05, 4.69) is 17.4 Å². The van der Waals surface area contributed by atoms with Crippen LogP contribution in [0.25, 0.3) is 0 Å². The quantitative estimate of drug-likeness (QED) is 0.857. The van der Waals surface area contributed by atoms with Gasteiger partial charge in [0.15, 0.2) is 0 Å². The number of rotatable bonds is 2. The van der Waals surface area contributed by atoms with Crippen LogP contribution in [0, 0.1) is 0 Å². The number of halogens is 1. The molecule has 1 aliphatic rings. The molecular formula is C13H16ClNO. The van der Waals surface area contributed by atoms with E-state index in [1.807, 2.05) is 19.2 Å². The molecule has 3 heteroatoms. The number of hydrogen-bond donors (Lipinski definition) is 1. The maximum absolute atomic E-state index is 11.3. The van der Waals surface area contributed by atoms with E-state index in [0.717, 1.165) is 17.9 Å². The number of ketones is 1. The summed E-state index contributed by atoms with van der Waals surface area (Å²) >= 11 is 5.89. The number of hydrogen-bond acceptors (Lipinski definition) is 2. The first-order valence-electron chi connectivity index (χ1n) is 5.63. The second-order valence-electron chi connectivity index (χ2n) is 4.38. The summed E-state index contributed by atoms with van der Waals surface area (Å²) in [5, 5.41) is 4.13. The average Bonchev–Trinajstić information content (AvgIpc) is 2.32. The molecule has 1 aromatic carbocycles. The van der Waals surface area contributed by atoms with Gasteiger partial charge >= 0.3 is 0 Å². The highest BCUT2D eigenvalue weighted by atomic mass is 35.5. The van der Waals surface area contributed by atoms with E-state index >= 15 is 0 Å². The number of benzene rings is 1. The monoisotopic (exact) mass is 237 g/mol. The van der Waals surface area contributed by atoms with Gasteiger partial charge in [-0.2, -0.15) is 0 Å². The first kappa shape index (κ1) is 11.6. The van der Waals surface area contributed by atoms with Crippen molar-refractivity contribution < 1.29 is 4.79 Å². The molecule has 1 aliphatic carbocycles. The topological polar surface area (TPSA) is 29.1 Å². The van der Waals surface area contributed by atoms with Crippen molar-refractivity contribution in [3.8, 4) is 0 Å². The standard InChI is InChI=1S/C13H16ClNO/c1-15-13(8-6-12(16)7-9-13)10-2-4-11(14)5-3-10/h2-5,15H,6-9H2,1H3. The van der Waals surface area contributed by atoms with E-state index in [0.29, 0.717) is 18.6 Å². The summed E-state index contributed by atoms with van der Waals surface area (Å²) in [6.07, 6.45) is 3.10. The Hall–Kier alpha value is -0.860. The Morgan fingerprint density at radius 2 is 1.75 bits per heavy atom. The summed E-state index contributed by atoms with van der Waals surface area (Å²) in [6.45, 7) is 0. The third kappa shape index (κ3) is 2.13. The zero-order chi connectivity index (χ0) is 11.6. The van der Waals surface area contributed by atoms with Crippen LogP contribution in [-0.4, -0.2) is 12.8 Å². The van der Waals surface area contributed by atoms with Crippen LogP contribution in [0.5, 0.6) is 0 Å². The lowest BCUT2D eigenvalue weighted by Gasteiger charge is -2.37. The van der Waals surface area contributed by atoms with Gasteiger partial charge in [-0.1, -0.05) is 23.7 Å². The van der Waals surface area contributed by atoms with Gasteiger partial charge in [0.25, 0.3) is 0 Å². The minimum absolute atomic E-state index is 0.0432. The van der Waals surface area contributed by atoms with Gasteiger partial charge in [0.2, 0.25) is 0 Å². The fraction of sp³-hybridized carbons (Fsp3) is 0.462. The Bertz CT molecular complexity index is 375. The predicted molar refractivity (Wildman–Crippen MR) is 65.7 cm³/mol. The van der Waals surface area contributed by atoms with Gasteiger partial charge < -0.3 is 5.32 Å². The second-order valence-corrected chi connectivity index (χ2v) is 4.81. The molecule has 1 saturated carbocycles. The molecular weight excluding hydrogens is 222 g/mol. The van der Waals surface area contributed by atoms with Crippen LogP contribution in [-0.2, 0) is 10.3 Å². The van der Waals surface area contributed by atoms with Crippen LogP contribution in [0.15, 0.2) is 24.3 Å². The number of carbonyl (C=O) groups is 1. The normalized spacial score (nSPS) is 19.8. The van der Waals surface area contributed by atoms with Crippen LogP contribution in [0.1, 0.15) is 31.2 Å². The van der Waals surface area contributed by atoms with Crippen molar-refractivity contribution in [2.24, 2.45) is 0 Å². The first-order chi connectivity index (χ1) is 7.66. The average molecular weight is 238 g/mol. The molecule has 0 atom stereocenters. The van der Waals surface area contributed by atoms with E-state index in [-0.39, 0.29) is 5.54 Å². The number of Topliss-reactive ketones (excluding diaryl/α,β-unsaturated/α-hetero) is 1. The van der Waals surface area contributed by atoms with E-state index in [9.17, 15) is 4.79 Å². The van der Waals surface area contributed by atoms with Crippen molar-refractivity contribution in [1.29, 1.82) is 0 Å². The molecule has 0 bridgehead atoms. The van der Waals surface area contributed by atoms with Crippen LogP contribution in [0.4, 0.5) is 0 Å². The number of carbonyl (C=O) groups excluding carboxylic acids is 1. The van der Waals surface area contributed by atoms with E-state index in [1.54, 1.807) is 0 Å².